The van der Waals surface area contributed by atoms with Crippen LogP contribution in [0.25, 0.3) is 6.08 Å². The van der Waals surface area contributed by atoms with Crippen molar-refractivity contribution in [1.82, 2.24) is 0 Å². The maximum Gasteiger partial charge on any atom is 0.0679 e. The summed E-state index contributed by atoms with van der Waals surface area (Å²) >= 11 is 18.4. The summed E-state index contributed by atoms with van der Waals surface area (Å²) in [6.07, 6.45) is 7.89. The highest BCUT2D eigenvalue weighted by atomic mass is 35.5. The third-order valence-electron chi connectivity index (χ3n) is 3.72. The van der Waals surface area contributed by atoms with E-state index in [0.29, 0.717) is 26.5 Å². The van der Waals surface area contributed by atoms with E-state index in [-0.39, 0.29) is 6.61 Å². The minimum atomic E-state index is 0.0455. The highest BCUT2D eigenvalue weighted by molar-refractivity contribution is 6.44. The molecule has 0 spiro atoms. The van der Waals surface area contributed by atoms with E-state index in [1.54, 1.807) is 12.1 Å². The largest absolute Gasteiger partial charge is 0.392 e. The molecule has 0 aliphatic heterocycles. The van der Waals surface area contributed by atoms with Gasteiger partial charge in [-0.05, 0) is 36.5 Å². The van der Waals surface area contributed by atoms with Crippen LogP contribution in [0, 0.1) is 5.92 Å². The molecule has 2 rings (SSSR count). The Hall–Kier alpha value is -0.210. The summed E-state index contributed by atoms with van der Waals surface area (Å²) in [5.41, 5.74) is 1.72. The molecule has 0 atom stereocenters. The van der Waals surface area contributed by atoms with E-state index in [9.17, 15) is 5.11 Å². The maximum absolute atomic E-state index is 9.60. The van der Waals surface area contributed by atoms with E-state index in [2.05, 4.69) is 0 Å². The first-order valence-corrected chi connectivity index (χ1v) is 7.71. The third kappa shape index (κ3) is 3.66. The zero-order valence-corrected chi connectivity index (χ0v) is 12.9. The second-order valence-corrected chi connectivity index (χ2v) is 6.16. The summed E-state index contributed by atoms with van der Waals surface area (Å²) in [6, 6.07) is 3.42. The van der Waals surface area contributed by atoms with E-state index in [1.165, 1.54) is 19.3 Å². The molecule has 1 saturated carbocycles. The van der Waals surface area contributed by atoms with Crippen LogP contribution in [0.3, 0.4) is 0 Å². The van der Waals surface area contributed by atoms with Gasteiger partial charge in [0.2, 0.25) is 0 Å². The normalized spacial score (nSPS) is 17.8. The van der Waals surface area contributed by atoms with Crippen molar-refractivity contribution in [3.8, 4) is 0 Å². The minimum absolute atomic E-state index is 0.0455. The Kier molecular flexibility index (Phi) is 5.58. The van der Waals surface area contributed by atoms with Gasteiger partial charge in [0.1, 0.15) is 0 Å². The van der Waals surface area contributed by atoms with Gasteiger partial charge >= 0.3 is 0 Å². The van der Waals surface area contributed by atoms with Crippen molar-refractivity contribution in [2.24, 2.45) is 5.92 Å². The lowest BCUT2D eigenvalue weighted by atomic mass is 9.83. The van der Waals surface area contributed by atoms with Crippen molar-refractivity contribution >= 4 is 40.9 Å². The van der Waals surface area contributed by atoms with Crippen LogP contribution in [-0.4, -0.2) is 11.7 Å². The molecule has 1 aliphatic carbocycles. The highest BCUT2D eigenvalue weighted by Crippen LogP contribution is 2.36. The second-order valence-electron chi connectivity index (χ2n) is 4.97. The number of aliphatic hydroxyl groups excluding tert-OH is 1. The van der Waals surface area contributed by atoms with Crippen molar-refractivity contribution in [3.63, 3.8) is 0 Å². The summed E-state index contributed by atoms with van der Waals surface area (Å²) in [5.74, 6) is 0.435. The molecule has 1 aromatic rings. The minimum Gasteiger partial charge on any atom is -0.392 e. The average Bonchev–Trinajstić information content (AvgIpc) is 2.44. The van der Waals surface area contributed by atoms with Gasteiger partial charge in [0.15, 0.2) is 0 Å². The van der Waals surface area contributed by atoms with Gasteiger partial charge in [-0.3, -0.25) is 0 Å². The fourth-order valence-electron chi connectivity index (χ4n) is 2.63. The van der Waals surface area contributed by atoms with Crippen molar-refractivity contribution in [1.29, 1.82) is 0 Å². The number of rotatable bonds is 3. The van der Waals surface area contributed by atoms with Crippen LogP contribution in [-0.2, 0) is 0 Å². The standard InChI is InChI=1S/C15H17Cl3O/c16-13-6-7-14(17)15(18)12(13)8-11(9-19)10-4-2-1-3-5-10/h6-8,10,19H,1-5,9H2/b11-8-. The lowest BCUT2D eigenvalue weighted by Crippen LogP contribution is -2.11. The van der Waals surface area contributed by atoms with Crippen LogP contribution in [0.2, 0.25) is 15.1 Å². The quantitative estimate of drug-likeness (QED) is 0.719. The Morgan fingerprint density at radius 2 is 1.74 bits per heavy atom. The molecule has 1 N–H and O–H groups in total. The third-order valence-corrected chi connectivity index (χ3v) is 4.87. The van der Waals surface area contributed by atoms with E-state index >= 15 is 0 Å². The molecular formula is C15H17Cl3O. The first-order chi connectivity index (χ1) is 9.13. The van der Waals surface area contributed by atoms with Crippen LogP contribution < -0.4 is 0 Å². The van der Waals surface area contributed by atoms with Crippen LogP contribution >= 0.6 is 34.8 Å². The Morgan fingerprint density at radius 3 is 2.37 bits per heavy atom. The molecule has 0 amide bonds. The van der Waals surface area contributed by atoms with Gasteiger partial charge in [0, 0.05) is 10.6 Å². The van der Waals surface area contributed by atoms with Gasteiger partial charge < -0.3 is 5.11 Å². The van der Waals surface area contributed by atoms with Gasteiger partial charge in [0.25, 0.3) is 0 Å². The maximum atomic E-state index is 9.60. The van der Waals surface area contributed by atoms with Crippen molar-refractivity contribution in [3.05, 3.63) is 38.3 Å². The fourth-order valence-corrected chi connectivity index (χ4v) is 3.27. The lowest BCUT2D eigenvalue weighted by Gasteiger charge is -2.23. The fraction of sp³-hybridized carbons (Fsp3) is 0.467. The molecule has 0 saturated heterocycles. The highest BCUT2D eigenvalue weighted by Gasteiger charge is 2.18. The van der Waals surface area contributed by atoms with E-state index in [0.717, 1.165) is 18.4 Å². The summed E-state index contributed by atoms with van der Waals surface area (Å²) in [5, 5.41) is 11.1. The van der Waals surface area contributed by atoms with Crippen LogP contribution in [0.1, 0.15) is 37.7 Å². The topological polar surface area (TPSA) is 20.2 Å². The summed E-state index contributed by atoms with van der Waals surface area (Å²) in [7, 11) is 0. The average molecular weight is 320 g/mol. The Labute approximate surface area is 129 Å². The van der Waals surface area contributed by atoms with Crippen molar-refractivity contribution in [2.75, 3.05) is 6.61 Å². The number of benzene rings is 1. The van der Waals surface area contributed by atoms with E-state index < -0.39 is 0 Å². The van der Waals surface area contributed by atoms with Crippen molar-refractivity contribution in [2.45, 2.75) is 32.1 Å². The Morgan fingerprint density at radius 1 is 1.11 bits per heavy atom. The Bertz CT molecular complexity index is 477. The smallest absolute Gasteiger partial charge is 0.0679 e. The van der Waals surface area contributed by atoms with Crippen LogP contribution in [0.15, 0.2) is 17.7 Å². The molecule has 104 valence electrons. The molecule has 19 heavy (non-hydrogen) atoms. The molecule has 4 heteroatoms. The van der Waals surface area contributed by atoms with Crippen molar-refractivity contribution < 1.29 is 5.11 Å². The SMILES string of the molecule is OC/C(=C/c1c(Cl)ccc(Cl)c1Cl)C1CCCCC1. The number of hydrogen-bond acceptors (Lipinski definition) is 1. The van der Waals surface area contributed by atoms with Gasteiger partial charge in [-0.1, -0.05) is 60.1 Å². The molecule has 1 nitrogen and oxygen atoms in total. The van der Waals surface area contributed by atoms with Gasteiger partial charge in [-0.2, -0.15) is 0 Å². The summed E-state index contributed by atoms with van der Waals surface area (Å²) in [4.78, 5) is 0. The first kappa shape index (κ1) is 15.2. The lowest BCUT2D eigenvalue weighted by molar-refractivity contribution is 0.295. The van der Waals surface area contributed by atoms with E-state index in [1.807, 2.05) is 6.08 Å². The summed E-state index contributed by atoms with van der Waals surface area (Å²) < 4.78 is 0. The van der Waals surface area contributed by atoms with Crippen LogP contribution in [0.4, 0.5) is 0 Å². The molecule has 1 aromatic carbocycles. The number of halogens is 3. The predicted octanol–water partition coefficient (Wildman–Crippen LogP) is 5.60. The molecule has 0 bridgehead atoms. The first-order valence-electron chi connectivity index (χ1n) is 6.58. The molecule has 1 aliphatic rings. The predicted molar refractivity (Wildman–Crippen MR) is 83.1 cm³/mol. The van der Waals surface area contributed by atoms with Gasteiger partial charge in [-0.15, -0.1) is 0 Å². The van der Waals surface area contributed by atoms with Crippen LogP contribution in [0.5, 0.6) is 0 Å². The number of hydrogen-bond donors (Lipinski definition) is 1. The molecule has 0 aromatic heterocycles. The molecule has 0 unspecified atom stereocenters. The van der Waals surface area contributed by atoms with Gasteiger partial charge in [-0.25, -0.2) is 0 Å². The molecule has 1 fully saturated rings. The van der Waals surface area contributed by atoms with E-state index in [4.69, 9.17) is 34.8 Å². The second kappa shape index (κ2) is 6.99. The molecule has 0 radical (unpaired) electrons. The zero-order chi connectivity index (χ0) is 13.8. The Balaban J connectivity index is 2.34. The van der Waals surface area contributed by atoms with Gasteiger partial charge in [0.05, 0.1) is 16.7 Å². The zero-order valence-electron chi connectivity index (χ0n) is 10.6. The molecule has 0 heterocycles. The number of aliphatic hydroxyl groups is 1. The molecular weight excluding hydrogens is 303 g/mol. The summed E-state index contributed by atoms with van der Waals surface area (Å²) in [6.45, 7) is 0.0455. The monoisotopic (exact) mass is 318 g/mol.